The molecule has 0 unspecified atom stereocenters. The number of urea groups is 1. The Kier molecular flexibility index (Phi) is 5.84. The van der Waals surface area contributed by atoms with Crippen molar-refractivity contribution in [2.45, 2.75) is 19.3 Å². The molecule has 26 heavy (non-hydrogen) atoms. The second-order valence-corrected chi connectivity index (χ2v) is 6.17. The Morgan fingerprint density at radius 3 is 2.62 bits per heavy atom. The van der Waals surface area contributed by atoms with Crippen molar-refractivity contribution in [3.63, 3.8) is 0 Å². The van der Waals surface area contributed by atoms with Gasteiger partial charge in [-0.15, -0.1) is 0 Å². The molecule has 0 atom stereocenters. The molecule has 6 heteroatoms. The third-order valence-corrected chi connectivity index (χ3v) is 4.23. The molecule has 0 aliphatic heterocycles. The number of hydrogen-bond donors (Lipinski definition) is 3. The van der Waals surface area contributed by atoms with Gasteiger partial charge in [0.05, 0.1) is 0 Å². The third kappa shape index (κ3) is 4.81. The van der Waals surface area contributed by atoms with Crippen LogP contribution >= 0.6 is 0 Å². The van der Waals surface area contributed by atoms with Crippen molar-refractivity contribution >= 4 is 16.9 Å². The fraction of sp³-hybridized carbons (Fsp3) is 0.250. The van der Waals surface area contributed by atoms with Crippen molar-refractivity contribution in [3.8, 4) is 0 Å². The number of rotatable bonds is 7. The molecule has 3 rings (SSSR count). The summed E-state index contributed by atoms with van der Waals surface area (Å²) < 4.78 is 26.4. The Balaban J connectivity index is 1.37. The second-order valence-electron chi connectivity index (χ2n) is 6.17. The lowest BCUT2D eigenvalue weighted by molar-refractivity contribution is 0.241. The maximum absolute atomic E-state index is 13.3. The summed E-state index contributed by atoms with van der Waals surface area (Å²) in [6.07, 6.45) is 3.89. The normalized spacial score (nSPS) is 10.8. The van der Waals surface area contributed by atoms with Gasteiger partial charge in [0.2, 0.25) is 0 Å². The van der Waals surface area contributed by atoms with Gasteiger partial charge in [-0.1, -0.05) is 12.1 Å². The number of H-pyrrole nitrogens is 1. The van der Waals surface area contributed by atoms with E-state index in [0.29, 0.717) is 25.9 Å². The summed E-state index contributed by atoms with van der Waals surface area (Å²) in [5.41, 5.74) is 2.76. The molecule has 0 aliphatic rings. The number of carbonyl (C=O) groups excluding carboxylic acids is 1. The van der Waals surface area contributed by atoms with Crippen molar-refractivity contribution in [1.29, 1.82) is 0 Å². The smallest absolute Gasteiger partial charge is 0.314 e. The van der Waals surface area contributed by atoms with Gasteiger partial charge in [0.15, 0.2) is 0 Å². The van der Waals surface area contributed by atoms with Crippen molar-refractivity contribution < 1.29 is 13.6 Å². The third-order valence-electron chi connectivity index (χ3n) is 4.23. The van der Waals surface area contributed by atoms with Gasteiger partial charge >= 0.3 is 6.03 Å². The molecule has 3 N–H and O–H groups in total. The van der Waals surface area contributed by atoms with Crippen LogP contribution in [-0.2, 0) is 12.8 Å². The Morgan fingerprint density at radius 2 is 1.77 bits per heavy atom. The Hall–Kier alpha value is -2.89. The van der Waals surface area contributed by atoms with Crippen LogP contribution < -0.4 is 10.6 Å². The van der Waals surface area contributed by atoms with E-state index in [1.165, 1.54) is 24.3 Å². The summed E-state index contributed by atoms with van der Waals surface area (Å²) in [6.45, 7) is 0.972. The van der Waals surface area contributed by atoms with E-state index in [-0.39, 0.29) is 17.7 Å². The van der Waals surface area contributed by atoms with E-state index in [2.05, 4.69) is 15.6 Å². The van der Waals surface area contributed by atoms with Gasteiger partial charge in [0, 0.05) is 30.2 Å². The van der Waals surface area contributed by atoms with E-state index in [0.717, 1.165) is 28.5 Å². The van der Waals surface area contributed by atoms with Crippen molar-refractivity contribution in [3.05, 3.63) is 71.4 Å². The number of aromatic nitrogens is 1. The molecule has 4 nitrogen and oxygen atoms in total. The van der Waals surface area contributed by atoms with Crippen LogP contribution in [-0.4, -0.2) is 24.1 Å². The fourth-order valence-electron chi connectivity index (χ4n) is 2.92. The molecular formula is C20H21F2N3O. The molecular weight excluding hydrogens is 336 g/mol. The number of hydrogen-bond acceptors (Lipinski definition) is 1. The zero-order chi connectivity index (χ0) is 18.4. The second kappa shape index (κ2) is 8.47. The number of fused-ring (bicyclic) bond motifs is 1. The number of aromatic amines is 1. The molecule has 0 bridgehead atoms. The first kappa shape index (κ1) is 17.9. The quantitative estimate of drug-likeness (QED) is 0.552. The minimum absolute atomic E-state index is 0.240. The maximum Gasteiger partial charge on any atom is 0.314 e. The van der Waals surface area contributed by atoms with Crippen molar-refractivity contribution in [2.24, 2.45) is 0 Å². The molecule has 1 aromatic heterocycles. The first-order valence-corrected chi connectivity index (χ1v) is 8.63. The highest BCUT2D eigenvalue weighted by molar-refractivity contribution is 5.83. The van der Waals surface area contributed by atoms with E-state index in [9.17, 15) is 13.6 Å². The van der Waals surface area contributed by atoms with Gasteiger partial charge in [0.1, 0.15) is 11.6 Å². The summed E-state index contributed by atoms with van der Waals surface area (Å²) in [7, 11) is 0. The predicted octanol–water partition coefficient (Wildman–Crippen LogP) is 3.92. The van der Waals surface area contributed by atoms with E-state index >= 15 is 0 Å². The van der Waals surface area contributed by atoms with Gasteiger partial charge in [0.25, 0.3) is 0 Å². The topological polar surface area (TPSA) is 56.9 Å². The first-order valence-electron chi connectivity index (χ1n) is 8.63. The zero-order valence-corrected chi connectivity index (χ0v) is 14.3. The highest BCUT2D eigenvalue weighted by Gasteiger charge is 2.06. The first-order chi connectivity index (χ1) is 12.6. The number of benzene rings is 2. The summed E-state index contributed by atoms with van der Waals surface area (Å²) in [5, 5.41) is 6.41. The summed E-state index contributed by atoms with van der Waals surface area (Å²) in [6, 6.07) is 10.8. The number of halogens is 2. The van der Waals surface area contributed by atoms with Crippen LogP contribution in [0.25, 0.3) is 10.9 Å². The number of amides is 2. The van der Waals surface area contributed by atoms with Gasteiger partial charge in [-0.3, -0.25) is 0 Å². The Labute approximate surface area is 150 Å². The molecule has 0 spiro atoms. The minimum Gasteiger partial charge on any atom is -0.361 e. The SMILES string of the molecule is O=C(NCCCc1cccc(F)c1)NCCc1c[nH]c2ccc(F)cc12. The lowest BCUT2D eigenvalue weighted by atomic mass is 10.1. The standard InChI is InChI=1S/C20H21F2N3O/c21-16-5-1-3-14(11-16)4-2-9-23-20(26)24-10-8-15-13-25-19-7-6-17(22)12-18(15)19/h1,3,5-7,11-13,25H,2,4,8-10H2,(H2,23,24,26). The van der Waals surface area contributed by atoms with Gasteiger partial charge < -0.3 is 15.6 Å². The average molecular weight is 357 g/mol. The monoisotopic (exact) mass is 357 g/mol. The number of aryl methyl sites for hydroxylation is 1. The molecule has 0 fully saturated rings. The van der Waals surface area contributed by atoms with Crippen LogP contribution in [0.4, 0.5) is 13.6 Å². The van der Waals surface area contributed by atoms with Gasteiger partial charge in [-0.2, -0.15) is 0 Å². The van der Waals surface area contributed by atoms with E-state index < -0.39 is 0 Å². The van der Waals surface area contributed by atoms with Gasteiger partial charge in [-0.25, -0.2) is 13.6 Å². The highest BCUT2D eigenvalue weighted by atomic mass is 19.1. The van der Waals surface area contributed by atoms with Crippen LogP contribution in [0.15, 0.2) is 48.7 Å². The van der Waals surface area contributed by atoms with Crippen molar-refractivity contribution in [1.82, 2.24) is 15.6 Å². The summed E-state index contributed by atoms with van der Waals surface area (Å²) >= 11 is 0. The molecule has 2 amide bonds. The Bertz CT molecular complexity index is 892. The van der Waals surface area contributed by atoms with Gasteiger partial charge in [-0.05, 0) is 60.7 Å². The summed E-state index contributed by atoms with van der Waals surface area (Å²) in [5.74, 6) is -0.521. The minimum atomic E-state index is -0.276. The molecule has 3 aromatic rings. The molecule has 136 valence electrons. The van der Waals surface area contributed by atoms with Crippen LogP contribution in [0.2, 0.25) is 0 Å². The van der Waals surface area contributed by atoms with Crippen LogP contribution in [0.5, 0.6) is 0 Å². The highest BCUT2D eigenvalue weighted by Crippen LogP contribution is 2.19. The predicted molar refractivity (Wildman–Crippen MR) is 98.1 cm³/mol. The number of nitrogens with one attached hydrogen (secondary N) is 3. The van der Waals surface area contributed by atoms with Crippen molar-refractivity contribution in [2.75, 3.05) is 13.1 Å². The van der Waals surface area contributed by atoms with Crippen LogP contribution in [0.1, 0.15) is 17.5 Å². The molecule has 0 radical (unpaired) electrons. The maximum atomic E-state index is 13.3. The van der Waals surface area contributed by atoms with E-state index in [4.69, 9.17) is 0 Å². The Morgan fingerprint density at radius 1 is 0.962 bits per heavy atom. The lowest BCUT2D eigenvalue weighted by Gasteiger charge is -2.07. The average Bonchev–Trinajstić information content (AvgIpc) is 3.01. The largest absolute Gasteiger partial charge is 0.361 e. The lowest BCUT2D eigenvalue weighted by Crippen LogP contribution is -2.37. The molecule has 2 aromatic carbocycles. The zero-order valence-electron chi connectivity index (χ0n) is 14.3. The van der Waals surface area contributed by atoms with Crippen LogP contribution in [0, 0.1) is 11.6 Å². The van der Waals surface area contributed by atoms with E-state index in [1.807, 2.05) is 12.3 Å². The number of carbonyl (C=O) groups is 1. The molecule has 1 heterocycles. The van der Waals surface area contributed by atoms with Crippen LogP contribution in [0.3, 0.4) is 0 Å². The van der Waals surface area contributed by atoms with E-state index in [1.54, 1.807) is 12.1 Å². The molecule has 0 saturated carbocycles. The summed E-state index contributed by atoms with van der Waals surface area (Å²) in [4.78, 5) is 14.9. The fourth-order valence-corrected chi connectivity index (χ4v) is 2.92. The molecule has 0 saturated heterocycles. The molecule has 0 aliphatic carbocycles.